The van der Waals surface area contributed by atoms with Crippen LogP contribution in [-0.2, 0) is 0 Å². The van der Waals surface area contributed by atoms with E-state index in [-0.39, 0.29) is 0 Å². The molecule has 4 aromatic carbocycles. The maximum Gasteiger partial charge on any atom is 0.0738 e. The number of rotatable bonds is 4. The molecule has 6 aromatic rings. The number of nitrogens with zero attached hydrogens (tertiary/aromatic N) is 2. The van der Waals surface area contributed by atoms with Crippen molar-refractivity contribution in [1.29, 1.82) is 0 Å². The van der Waals surface area contributed by atoms with Crippen LogP contribution in [0, 0.1) is 6.92 Å². The summed E-state index contributed by atoms with van der Waals surface area (Å²) in [5, 5.41) is 2.03. The van der Waals surface area contributed by atoms with Gasteiger partial charge in [0.05, 0.1) is 28.5 Å². The SMILES string of the molecule is Cc1c2c[nH]c1C(c1ccccc1)=c1ccc([nH]1)=C(c1ccccc1)C1=NC(=C(c3ccccc3)C3=NC(=C2c2ccccc2)C=C3)C=C1. The minimum Gasteiger partial charge on any atom is -0.360 e. The molecule has 4 nitrogen and oxygen atoms in total. The van der Waals surface area contributed by atoms with Gasteiger partial charge in [-0.1, -0.05) is 121 Å². The summed E-state index contributed by atoms with van der Waals surface area (Å²) in [5.41, 5.74) is 15.6. The Hall–Kier alpha value is -6.52. The minimum absolute atomic E-state index is 0.885. The van der Waals surface area contributed by atoms with Crippen LogP contribution >= 0.6 is 0 Å². The van der Waals surface area contributed by atoms with Gasteiger partial charge in [0.2, 0.25) is 0 Å². The fourth-order valence-electron chi connectivity index (χ4n) is 7.15. The Morgan fingerprint density at radius 3 is 1.41 bits per heavy atom. The van der Waals surface area contributed by atoms with Gasteiger partial charge in [0.1, 0.15) is 0 Å². The van der Waals surface area contributed by atoms with Crippen LogP contribution in [-0.4, -0.2) is 21.4 Å². The summed E-state index contributed by atoms with van der Waals surface area (Å²) >= 11 is 0. The van der Waals surface area contributed by atoms with Crippen molar-refractivity contribution in [1.82, 2.24) is 9.97 Å². The molecule has 49 heavy (non-hydrogen) atoms. The van der Waals surface area contributed by atoms with E-state index in [9.17, 15) is 0 Å². The van der Waals surface area contributed by atoms with E-state index in [0.717, 1.165) is 94.9 Å². The summed E-state index contributed by atoms with van der Waals surface area (Å²) in [6, 6.07) is 46.5. The lowest BCUT2D eigenvalue weighted by molar-refractivity contribution is 1.22. The minimum atomic E-state index is 0.885. The van der Waals surface area contributed by atoms with Gasteiger partial charge in [-0.05, 0) is 71.2 Å². The standard InChI is InChI=1S/C45H32N4/c1-29-34-28-46-45(29)44(33-20-12-5-13-21-33)40-27-26-39(49-40)43(32-18-10-4-11-19-32)38-25-24-37(48-38)42(31-16-8-3-9-17-31)36-23-22-35(47-36)41(34)30-14-6-2-7-15-30/h2-28,46,49H,1H3. The number of fused-ring (bicyclic) bond motifs is 6. The molecule has 3 aliphatic heterocycles. The second-order valence-corrected chi connectivity index (χ2v) is 12.4. The highest BCUT2D eigenvalue weighted by molar-refractivity contribution is 6.35. The Labute approximate surface area is 285 Å². The van der Waals surface area contributed by atoms with Crippen LogP contribution in [0.1, 0.15) is 39.1 Å². The van der Waals surface area contributed by atoms with E-state index in [1.54, 1.807) is 0 Å². The summed E-state index contributed by atoms with van der Waals surface area (Å²) in [7, 11) is 0. The number of aromatic amines is 2. The molecule has 0 radical (unpaired) electrons. The molecule has 0 atom stereocenters. The molecule has 9 rings (SSSR count). The van der Waals surface area contributed by atoms with Crippen LogP contribution < -0.4 is 10.7 Å². The molecule has 2 N–H and O–H groups in total. The van der Waals surface area contributed by atoms with E-state index in [4.69, 9.17) is 9.98 Å². The van der Waals surface area contributed by atoms with Gasteiger partial charge >= 0.3 is 0 Å². The monoisotopic (exact) mass is 628 g/mol. The lowest BCUT2D eigenvalue weighted by atomic mass is 9.92. The molecule has 0 spiro atoms. The zero-order chi connectivity index (χ0) is 32.7. The predicted octanol–water partition coefficient (Wildman–Crippen LogP) is 8.30. The number of allylic oxidation sites excluding steroid dienone is 5. The molecule has 0 fully saturated rings. The van der Waals surface area contributed by atoms with E-state index in [1.165, 1.54) is 0 Å². The first kappa shape index (κ1) is 28.7. The van der Waals surface area contributed by atoms with Crippen LogP contribution in [0.2, 0.25) is 0 Å². The lowest BCUT2D eigenvalue weighted by Gasteiger charge is -2.13. The number of aromatic nitrogens is 2. The maximum atomic E-state index is 5.38. The summed E-state index contributed by atoms with van der Waals surface area (Å²) in [4.78, 5) is 18.3. The third-order valence-corrected chi connectivity index (χ3v) is 9.44. The second-order valence-electron chi connectivity index (χ2n) is 12.4. The third kappa shape index (κ3) is 5.02. The zero-order valence-electron chi connectivity index (χ0n) is 27.0. The van der Waals surface area contributed by atoms with Crippen LogP contribution in [0.4, 0.5) is 0 Å². The summed E-state index contributed by atoms with van der Waals surface area (Å²) in [6.45, 7) is 2.21. The third-order valence-electron chi connectivity index (χ3n) is 9.44. The molecule has 0 saturated carbocycles. The van der Waals surface area contributed by atoms with Crippen molar-refractivity contribution in [2.75, 3.05) is 0 Å². The van der Waals surface area contributed by atoms with Crippen LogP contribution in [0.5, 0.6) is 0 Å². The Morgan fingerprint density at radius 1 is 0.429 bits per heavy atom. The number of H-pyrrole nitrogens is 2. The first-order valence-corrected chi connectivity index (χ1v) is 16.6. The van der Waals surface area contributed by atoms with E-state index >= 15 is 0 Å². The molecule has 0 unspecified atom stereocenters. The summed E-state index contributed by atoms with van der Waals surface area (Å²) < 4.78 is 0. The molecule has 5 heterocycles. The fraction of sp³-hybridized carbons (Fsp3) is 0.0222. The number of benzene rings is 4. The number of aliphatic imine (C=N–C) groups is 2. The molecule has 2 aromatic heterocycles. The van der Waals surface area contributed by atoms with Gasteiger partial charge in [0, 0.05) is 44.8 Å². The first-order chi connectivity index (χ1) is 24.2. The number of nitrogens with one attached hydrogen (secondary N) is 2. The van der Waals surface area contributed by atoms with Crippen LogP contribution in [0.3, 0.4) is 0 Å². The number of hydrogen-bond acceptors (Lipinski definition) is 2. The van der Waals surface area contributed by atoms with Gasteiger partial charge in [-0.25, -0.2) is 9.98 Å². The molecule has 0 aliphatic carbocycles. The molecule has 8 bridgehead atoms. The average molecular weight is 629 g/mol. The summed E-state index contributed by atoms with van der Waals surface area (Å²) in [6.07, 6.45) is 10.7. The Morgan fingerprint density at radius 2 is 0.857 bits per heavy atom. The van der Waals surface area contributed by atoms with Crippen molar-refractivity contribution in [3.63, 3.8) is 0 Å². The zero-order valence-corrected chi connectivity index (χ0v) is 27.0. The van der Waals surface area contributed by atoms with Crippen LogP contribution in [0.25, 0.3) is 22.3 Å². The number of hydrogen-bond donors (Lipinski definition) is 2. The smallest absolute Gasteiger partial charge is 0.0738 e. The first-order valence-electron chi connectivity index (χ1n) is 16.6. The molecule has 232 valence electrons. The highest BCUT2D eigenvalue weighted by Crippen LogP contribution is 2.38. The molecule has 3 aliphatic rings. The van der Waals surface area contributed by atoms with Crippen LogP contribution in [0.15, 0.2) is 185 Å². The Bertz CT molecular complexity index is 2550. The molecule has 0 saturated heterocycles. The maximum absolute atomic E-state index is 5.38. The van der Waals surface area contributed by atoms with Crippen molar-refractivity contribution in [3.8, 4) is 0 Å². The molecule has 0 amide bonds. The molecular weight excluding hydrogens is 597 g/mol. The highest BCUT2D eigenvalue weighted by atomic mass is 14.8. The Balaban J connectivity index is 1.44. The van der Waals surface area contributed by atoms with Gasteiger partial charge in [-0.15, -0.1) is 0 Å². The van der Waals surface area contributed by atoms with E-state index < -0.39 is 0 Å². The van der Waals surface area contributed by atoms with Gasteiger partial charge < -0.3 is 9.97 Å². The van der Waals surface area contributed by atoms with Gasteiger partial charge in [0.15, 0.2) is 0 Å². The summed E-state index contributed by atoms with van der Waals surface area (Å²) in [5.74, 6) is 0. The average Bonchev–Trinajstić information content (AvgIpc) is 3.98. The fourth-order valence-corrected chi connectivity index (χ4v) is 7.15. The second kappa shape index (κ2) is 11.9. The predicted molar refractivity (Wildman–Crippen MR) is 202 cm³/mol. The van der Waals surface area contributed by atoms with E-state index in [0.29, 0.717) is 0 Å². The molecular formula is C45H32N4. The Kier molecular flexibility index (Phi) is 6.98. The normalized spacial score (nSPS) is 15.3. The van der Waals surface area contributed by atoms with Crippen molar-refractivity contribution < 1.29 is 0 Å². The van der Waals surface area contributed by atoms with Crippen molar-refractivity contribution in [3.05, 3.63) is 225 Å². The van der Waals surface area contributed by atoms with Gasteiger partial charge in [0.25, 0.3) is 0 Å². The van der Waals surface area contributed by atoms with Crippen molar-refractivity contribution in [2.45, 2.75) is 6.92 Å². The van der Waals surface area contributed by atoms with Crippen molar-refractivity contribution >= 4 is 33.7 Å². The van der Waals surface area contributed by atoms with Crippen molar-refractivity contribution in [2.24, 2.45) is 9.98 Å². The van der Waals surface area contributed by atoms with E-state index in [2.05, 4.69) is 175 Å². The largest absolute Gasteiger partial charge is 0.360 e. The lowest BCUT2D eigenvalue weighted by Crippen LogP contribution is -2.19. The molecule has 4 heteroatoms. The topological polar surface area (TPSA) is 56.3 Å². The van der Waals surface area contributed by atoms with Gasteiger partial charge in [-0.2, -0.15) is 0 Å². The van der Waals surface area contributed by atoms with E-state index in [1.807, 2.05) is 6.07 Å². The quantitative estimate of drug-likeness (QED) is 0.197. The highest BCUT2D eigenvalue weighted by Gasteiger charge is 2.25. The van der Waals surface area contributed by atoms with Gasteiger partial charge in [-0.3, -0.25) is 0 Å².